The van der Waals surface area contributed by atoms with E-state index in [0.29, 0.717) is 18.5 Å². The number of imidazole rings is 1. The molecule has 0 spiro atoms. The van der Waals surface area contributed by atoms with Gasteiger partial charge in [-0.05, 0) is 30.7 Å². The van der Waals surface area contributed by atoms with Crippen LogP contribution in [0.1, 0.15) is 21.7 Å². The number of aryl methyl sites for hydroxylation is 1. The standard InChI is InChI=1S/C14H18N4O/c1-10-9-11(3-4-12(10)15-2)14(19)18-6-5-13-16-7-8-17-13/h3-4,7-9,15H,5-6H2,1-2H3,(H,16,17)(H,18,19). The van der Waals surface area contributed by atoms with Gasteiger partial charge >= 0.3 is 0 Å². The third-order valence-electron chi connectivity index (χ3n) is 2.96. The smallest absolute Gasteiger partial charge is 0.251 e. The van der Waals surface area contributed by atoms with E-state index >= 15 is 0 Å². The highest BCUT2D eigenvalue weighted by atomic mass is 16.1. The molecule has 0 saturated carbocycles. The van der Waals surface area contributed by atoms with E-state index in [4.69, 9.17) is 0 Å². The number of H-pyrrole nitrogens is 1. The Labute approximate surface area is 112 Å². The first-order chi connectivity index (χ1) is 9.20. The van der Waals surface area contributed by atoms with Crippen LogP contribution in [0.3, 0.4) is 0 Å². The molecule has 1 aromatic carbocycles. The number of rotatable bonds is 5. The number of carbonyl (C=O) groups is 1. The molecule has 1 heterocycles. The van der Waals surface area contributed by atoms with E-state index in [0.717, 1.165) is 17.1 Å². The molecule has 0 fully saturated rings. The van der Waals surface area contributed by atoms with Gasteiger partial charge in [-0.15, -0.1) is 0 Å². The Morgan fingerprint density at radius 2 is 2.26 bits per heavy atom. The first-order valence-electron chi connectivity index (χ1n) is 6.25. The molecule has 0 aliphatic rings. The average Bonchev–Trinajstić information content (AvgIpc) is 2.91. The third-order valence-corrected chi connectivity index (χ3v) is 2.96. The van der Waals surface area contributed by atoms with Crippen molar-refractivity contribution < 1.29 is 4.79 Å². The van der Waals surface area contributed by atoms with Crippen LogP contribution in [-0.2, 0) is 6.42 Å². The molecule has 0 aliphatic heterocycles. The first-order valence-corrected chi connectivity index (χ1v) is 6.25. The molecule has 3 N–H and O–H groups in total. The second-order valence-electron chi connectivity index (χ2n) is 4.32. The van der Waals surface area contributed by atoms with Crippen molar-refractivity contribution in [2.45, 2.75) is 13.3 Å². The SMILES string of the molecule is CNc1ccc(C(=O)NCCc2ncc[nH]2)cc1C. The molecule has 1 aromatic heterocycles. The fraction of sp³-hybridized carbons (Fsp3) is 0.286. The van der Waals surface area contributed by atoms with Crippen molar-refractivity contribution in [2.75, 3.05) is 18.9 Å². The number of anilines is 1. The van der Waals surface area contributed by atoms with Crippen molar-refractivity contribution in [2.24, 2.45) is 0 Å². The van der Waals surface area contributed by atoms with Crippen molar-refractivity contribution in [1.29, 1.82) is 0 Å². The van der Waals surface area contributed by atoms with E-state index in [1.807, 2.05) is 32.2 Å². The number of hydrogen-bond acceptors (Lipinski definition) is 3. The quantitative estimate of drug-likeness (QED) is 0.765. The van der Waals surface area contributed by atoms with E-state index in [1.165, 1.54) is 0 Å². The van der Waals surface area contributed by atoms with Gasteiger partial charge in [-0.25, -0.2) is 4.98 Å². The summed E-state index contributed by atoms with van der Waals surface area (Å²) in [5, 5.41) is 5.96. The van der Waals surface area contributed by atoms with Crippen molar-refractivity contribution >= 4 is 11.6 Å². The maximum Gasteiger partial charge on any atom is 0.251 e. The molecule has 2 rings (SSSR count). The van der Waals surface area contributed by atoms with Crippen LogP contribution >= 0.6 is 0 Å². The van der Waals surface area contributed by atoms with Gasteiger partial charge in [0, 0.05) is 43.7 Å². The Hall–Kier alpha value is -2.30. The van der Waals surface area contributed by atoms with Crippen LogP contribution < -0.4 is 10.6 Å². The van der Waals surface area contributed by atoms with Crippen molar-refractivity contribution in [1.82, 2.24) is 15.3 Å². The normalized spacial score (nSPS) is 10.2. The highest BCUT2D eigenvalue weighted by molar-refractivity contribution is 5.94. The molecule has 1 amide bonds. The largest absolute Gasteiger partial charge is 0.388 e. The van der Waals surface area contributed by atoms with E-state index < -0.39 is 0 Å². The number of aromatic nitrogens is 2. The molecule has 0 unspecified atom stereocenters. The zero-order valence-electron chi connectivity index (χ0n) is 11.2. The second-order valence-corrected chi connectivity index (χ2v) is 4.32. The minimum Gasteiger partial charge on any atom is -0.388 e. The number of nitrogens with one attached hydrogen (secondary N) is 3. The van der Waals surface area contributed by atoms with Gasteiger partial charge in [-0.2, -0.15) is 0 Å². The van der Waals surface area contributed by atoms with Crippen LogP contribution in [0.15, 0.2) is 30.6 Å². The molecule has 100 valence electrons. The van der Waals surface area contributed by atoms with Gasteiger partial charge in [0.25, 0.3) is 5.91 Å². The fourth-order valence-corrected chi connectivity index (χ4v) is 1.92. The van der Waals surface area contributed by atoms with Gasteiger partial charge in [0.1, 0.15) is 5.82 Å². The summed E-state index contributed by atoms with van der Waals surface area (Å²) < 4.78 is 0. The molecule has 2 aromatic rings. The maximum atomic E-state index is 12.0. The highest BCUT2D eigenvalue weighted by Gasteiger charge is 2.07. The zero-order chi connectivity index (χ0) is 13.7. The number of benzene rings is 1. The van der Waals surface area contributed by atoms with Gasteiger partial charge in [-0.3, -0.25) is 4.79 Å². The first kappa shape index (κ1) is 13.1. The minimum atomic E-state index is -0.0580. The Morgan fingerprint density at radius 3 is 2.89 bits per heavy atom. The van der Waals surface area contributed by atoms with Gasteiger partial charge in [0.05, 0.1) is 0 Å². The fourth-order valence-electron chi connectivity index (χ4n) is 1.92. The molecule has 0 atom stereocenters. The molecule has 19 heavy (non-hydrogen) atoms. The van der Waals surface area contributed by atoms with Crippen LogP contribution in [-0.4, -0.2) is 29.5 Å². The van der Waals surface area contributed by atoms with Gasteiger partial charge in [0.15, 0.2) is 0 Å². The van der Waals surface area contributed by atoms with E-state index in [1.54, 1.807) is 12.4 Å². The lowest BCUT2D eigenvalue weighted by Gasteiger charge is -2.08. The lowest BCUT2D eigenvalue weighted by atomic mass is 10.1. The van der Waals surface area contributed by atoms with Crippen molar-refractivity contribution in [3.63, 3.8) is 0 Å². The molecule has 0 radical (unpaired) electrons. The molecular weight excluding hydrogens is 240 g/mol. The number of hydrogen-bond donors (Lipinski definition) is 3. The monoisotopic (exact) mass is 258 g/mol. The summed E-state index contributed by atoms with van der Waals surface area (Å²) in [5.41, 5.74) is 2.77. The van der Waals surface area contributed by atoms with Gasteiger partial charge in [0.2, 0.25) is 0 Å². The van der Waals surface area contributed by atoms with Gasteiger partial charge in [-0.1, -0.05) is 0 Å². The number of nitrogens with zero attached hydrogens (tertiary/aromatic N) is 1. The average molecular weight is 258 g/mol. The van der Waals surface area contributed by atoms with E-state index in [-0.39, 0.29) is 5.91 Å². The zero-order valence-corrected chi connectivity index (χ0v) is 11.2. The number of carbonyl (C=O) groups excluding carboxylic acids is 1. The molecule has 5 nitrogen and oxygen atoms in total. The Kier molecular flexibility index (Phi) is 4.18. The lowest BCUT2D eigenvalue weighted by Crippen LogP contribution is -2.26. The molecule has 0 bridgehead atoms. The van der Waals surface area contributed by atoms with E-state index in [9.17, 15) is 4.79 Å². The summed E-state index contributed by atoms with van der Waals surface area (Å²) in [4.78, 5) is 19.1. The van der Waals surface area contributed by atoms with Crippen LogP contribution in [0.5, 0.6) is 0 Å². The predicted octanol–water partition coefficient (Wildman–Crippen LogP) is 1.73. The number of amides is 1. The Balaban J connectivity index is 1.91. The Morgan fingerprint density at radius 1 is 1.42 bits per heavy atom. The molecular formula is C14H18N4O. The summed E-state index contributed by atoms with van der Waals surface area (Å²) in [6, 6.07) is 5.62. The third kappa shape index (κ3) is 3.34. The van der Waals surface area contributed by atoms with Gasteiger partial charge < -0.3 is 15.6 Å². The van der Waals surface area contributed by atoms with Crippen LogP contribution in [0.4, 0.5) is 5.69 Å². The second kappa shape index (κ2) is 6.04. The molecule has 5 heteroatoms. The number of aromatic amines is 1. The van der Waals surface area contributed by atoms with E-state index in [2.05, 4.69) is 20.6 Å². The topological polar surface area (TPSA) is 69.8 Å². The lowest BCUT2D eigenvalue weighted by molar-refractivity contribution is 0.0954. The van der Waals surface area contributed by atoms with Crippen molar-refractivity contribution in [3.8, 4) is 0 Å². The summed E-state index contributed by atoms with van der Waals surface area (Å²) in [7, 11) is 1.87. The summed E-state index contributed by atoms with van der Waals surface area (Å²) >= 11 is 0. The summed E-state index contributed by atoms with van der Waals surface area (Å²) in [5.74, 6) is 0.819. The van der Waals surface area contributed by atoms with Crippen LogP contribution in [0.25, 0.3) is 0 Å². The van der Waals surface area contributed by atoms with Crippen LogP contribution in [0.2, 0.25) is 0 Å². The summed E-state index contributed by atoms with van der Waals surface area (Å²) in [6.07, 6.45) is 4.18. The maximum absolute atomic E-state index is 12.0. The van der Waals surface area contributed by atoms with Crippen molar-refractivity contribution in [3.05, 3.63) is 47.5 Å². The summed E-state index contributed by atoms with van der Waals surface area (Å²) in [6.45, 7) is 2.55. The molecule has 0 saturated heterocycles. The molecule has 0 aliphatic carbocycles. The Bertz CT molecular complexity index is 549. The highest BCUT2D eigenvalue weighted by Crippen LogP contribution is 2.15. The predicted molar refractivity (Wildman–Crippen MR) is 75.4 cm³/mol. The van der Waals surface area contributed by atoms with Crippen LogP contribution in [0, 0.1) is 6.92 Å². The minimum absolute atomic E-state index is 0.0580.